The first-order valence-corrected chi connectivity index (χ1v) is 11.1. The summed E-state index contributed by atoms with van der Waals surface area (Å²) in [7, 11) is 1.62. The van der Waals surface area contributed by atoms with Gasteiger partial charge in [-0.05, 0) is 37.6 Å². The quantitative estimate of drug-likeness (QED) is 0.535. The third-order valence-corrected chi connectivity index (χ3v) is 5.67. The second-order valence-electron chi connectivity index (χ2n) is 8.07. The molecule has 1 atom stereocenters. The number of morpholine rings is 1. The van der Waals surface area contributed by atoms with Crippen LogP contribution in [0.25, 0.3) is 11.2 Å². The first-order valence-electron chi connectivity index (χ1n) is 11.1. The van der Waals surface area contributed by atoms with E-state index in [0.717, 1.165) is 0 Å². The number of carbonyl (C=O) groups is 2. The normalized spacial score (nSPS) is 15.8. The molecule has 1 aliphatic heterocycles. The average molecular weight is 463 g/mol. The topological polar surface area (TPSA) is 122 Å². The number of rotatable bonds is 7. The van der Waals surface area contributed by atoms with Crippen molar-refractivity contribution in [2.45, 2.75) is 25.9 Å². The lowest BCUT2D eigenvalue weighted by atomic mass is 10.1. The molecule has 0 spiro atoms. The summed E-state index contributed by atoms with van der Waals surface area (Å²) in [6, 6.07) is 10.1. The molecular weight excluding hydrogens is 436 g/mol. The van der Waals surface area contributed by atoms with E-state index in [4.69, 9.17) is 14.7 Å². The van der Waals surface area contributed by atoms with Crippen molar-refractivity contribution in [1.29, 1.82) is 5.26 Å². The summed E-state index contributed by atoms with van der Waals surface area (Å²) in [6.45, 7) is 4.51. The molecule has 0 saturated carbocycles. The number of benzene rings is 1. The number of nitrogens with zero attached hydrogens (tertiary/aromatic N) is 5. The number of aryl methyl sites for hydroxylation is 1. The molecule has 1 aromatic carbocycles. The van der Waals surface area contributed by atoms with Gasteiger partial charge in [-0.25, -0.2) is 9.97 Å². The summed E-state index contributed by atoms with van der Waals surface area (Å²) in [6.07, 6.45) is 2.23. The molecule has 1 N–H and O–H groups in total. The molecular formula is C24H26N6O4. The van der Waals surface area contributed by atoms with Crippen LogP contribution in [-0.2, 0) is 16.0 Å². The number of nitrogens with one attached hydrogen (secondary N) is 1. The van der Waals surface area contributed by atoms with Crippen LogP contribution in [-0.4, -0.2) is 70.8 Å². The van der Waals surface area contributed by atoms with Crippen LogP contribution >= 0.6 is 0 Å². The number of amides is 2. The summed E-state index contributed by atoms with van der Waals surface area (Å²) in [5.41, 5.74) is 2.24. The highest BCUT2D eigenvalue weighted by molar-refractivity contribution is 6.04. The smallest absolute Gasteiger partial charge is 0.258 e. The number of carbonyl (C=O) groups excluding carboxylic acids is 2. The lowest BCUT2D eigenvalue weighted by molar-refractivity contribution is 0.00358. The zero-order chi connectivity index (χ0) is 24.1. The Labute approximate surface area is 197 Å². The average Bonchev–Trinajstić information content (AvgIpc) is 3.20. The van der Waals surface area contributed by atoms with Gasteiger partial charge in [-0.1, -0.05) is 6.07 Å². The van der Waals surface area contributed by atoms with Crippen molar-refractivity contribution < 1.29 is 19.1 Å². The highest BCUT2D eigenvalue weighted by atomic mass is 16.5. The maximum Gasteiger partial charge on any atom is 0.258 e. The van der Waals surface area contributed by atoms with Gasteiger partial charge in [0.05, 0.1) is 36.5 Å². The van der Waals surface area contributed by atoms with E-state index in [1.807, 2.05) is 13.0 Å². The molecule has 10 nitrogen and oxygen atoms in total. The van der Waals surface area contributed by atoms with E-state index in [1.165, 1.54) is 6.07 Å². The minimum absolute atomic E-state index is 0.0254. The van der Waals surface area contributed by atoms with E-state index in [2.05, 4.69) is 15.3 Å². The minimum atomic E-state index is -0.390. The second kappa shape index (κ2) is 10.4. The van der Waals surface area contributed by atoms with Crippen molar-refractivity contribution in [3.8, 4) is 6.07 Å². The number of imidazole rings is 1. The molecule has 1 fully saturated rings. The summed E-state index contributed by atoms with van der Waals surface area (Å²) in [5, 5.41) is 11.9. The van der Waals surface area contributed by atoms with Crippen molar-refractivity contribution in [1.82, 2.24) is 19.4 Å². The molecule has 3 heterocycles. The number of anilines is 1. The van der Waals surface area contributed by atoms with E-state index in [0.29, 0.717) is 73.1 Å². The van der Waals surface area contributed by atoms with Gasteiger partial charge in [0.2, 0.25) is 5.95 Å². The van der Waals surface area contributed by atoms with Crippen LogP contribution in [0, 0.1) is 11.3 Å². The molecule has 0 radical (unpaired) electrons. The lowest BCUT2D eigenvalue weighted by Crippen LogP contribution is -2.47. The number of hydrogen-bond donors (Lipinski definition) is 1. The Kier molecular flexibility index (Phi) is 7.15. The van der Waals surface area contributed by atoms with Crippen LogP contribution < -0.4 is 5.32 Å². The Morgan fingerprint density at radius 3 is 2.94 bits per heavy atom. The van der Waals surface area contributed by atoms with Crippen molar-refractivity contribution in [3.05, 3.63) is 53.2 Å². The fourth-order valence-corrected chi connectivity index (χ4v) is 3.90. The molecule has 3 aromatic rings. The maximum absolute atomic E-state index is 13.1. The van der Waals surface area contributed by atoms with Gasteiger partial charge in [-0.15, -0.1) is 0 Å². The Morgan fingerprint density at radius 1 is 1.32 bits per heavy atom. The Morgan fingerprint density at radius 2 is 2.18 bits per heavy atom. The molecule has 1 saturated heterocycles. The predicted molar refractivity (Wildman–Crippen MR) is 124 cm³/mol. The Bertz CT molecular complexity index is 1250. The van der Waals surface area contributed by atoms with Crippen LogP contribution in [0.15, 0.2) is 36.5 Å². The van der Waals surface area contributed by atoms with E-state index < -0.39 is 0 Å². The van der Waals surface area contributed by atoms with Gasteiger partial charge in [-0.2, -0.15) is 5.26 Å². The molecule has 176 valence electrons. The van der Waals surface area contributed by atoms with Crippen molar-refractivity contribution in [3.63, 3.8) is 0 Å². The monoisotopic (exact) mass is 462 g/mol. The Balaban J connectivity index is 1.65. The predicted octanol–water partition coefficient (Wildman–Crippen LogP) is 2.45. The second-order valence-corrected chi connectivity index (χ2v) is 8.07. The zero-order valence-electron chi connectivity index (χ0n) is 19.2. The highest BCUT2D eigenvalue weighted by Crippen LogP contribution is 2.22. The fourth-order valence-electron chi connectivity index (χ4n) is 3.90. The molecule has 2 aromatic heterocycles. The molecule has 34 heavy (non-hydrogen) atoms. The van der Waals surface area contributed by atoms with Crippen LogP contribution in [0.4, 0.5) is 5.95 Å². The summed E-state index contributed by atoms with van der Waals surface area (Å²) < 4.78 is 12.4. The molecule has 0 aliphatic carbocycles. The fraction of sp³-hybridized carbons (Fsp3) is 0.375. The van der Waals surface area contributed by atoms with Gasteiger partial charge in [0.15, 0.2) is 5.65 Å². The van der Waals surface area contributed by atoms with Crippen LogP contribution in [0.5, 0.6) is 0 Å². The van der Waals surface area contributed by atoms with Crippen molar-refractivity contribution in [2.24, 2.45) is 0 Å². The van der Waals surface area contributed by atoms with E-state index >= 15 is 0 Å². The van der Waals surface area contributed by atoms with E-state index in [9.17, 15) is 9.59 Å². The summed E-state index contributed by atoms with van der Waals surface area (Å²) in [4.78, 5) is 36.8. The van der Waals surface area contributed by atoms with Crippen molar-refractivity contribution in [2.75, 3.05) is 38.8 Å². The molecule has 0 bridgehead atoms. The minimum Gasteiger partial charge on any atom is -0.385 e. The van der Waals surface area contributed by atoms with Crippen LogP contribution in [0.3, 0.4) is 0 Å². The van der Waals surface area contributed by atoms with Crippen molar-refractivity contribution >= 4 is 28.9 Å². The van der Waals surface area contributed by atoms with E-state index in [1.54, 1.807) is 47.0 Å². The van der Waals surface area contributed by atoms with Crippen LogP contribution in [0.2, 0.25) is 0 Å². The van der Waals surface area contributed by atoms with Gasteiger partial charge >= 0.3 is 0 Å². The molecule has 1 aliphatic rings. The molecule has 1 unspecified atom stereocenters. The highest BCUT2D eigenvalue weighted by Gasteiger charge is 2.26. The van der Waals surface area contributed by atoms with Gasteiger partial charge in [0.25, 0.3) is 11.8 Å². The van der Waals surface area contributed by atoms with Gasteiger partial charge in [-0.3, -0.25) is 19.5 Å². The van der Waals surface area contributed by atoms with Gasteiger partial charge < -0.3 is 14.4 Å². The zero-order valence-corrected chi connectivity index (χ0v) is 19.2. The van der Waals surface area contributed by atoms with Gasteiger partial charge in [0, 0.05) is 38.6 Å². The largest absolute Gasteiger partial charge is 0.385 e. The number of ether oxygens (including phenoxy) is 2. The number of fused-ring (bicyclic) bond motifs is 1. The number of pyridine rings is 1. The molecule has 4 rings (SSSR count). The number of aromatic nitrogens is 3. The first-order chi connectivity index (χ1) is 16.5. The third kappa shape index (κ3) is 4.90. The molecule has 2 amide bonds. The maximum atomic E-state index is 13.1. The van der Waals surface area contributed by atoms with Gasteiger partial charge in [0.1, 0.15) is 5.52 Å². The summed E-state index contributed by atoms with van der Waals surface area (Å²) in [5.74, 6) is -0.202. The van der Waals surface area contributed by atoms with E-state index in [-0.39, 0.29) is 17.9 Å². The van der Waals surface area contributed by atoms with Crippen LogP contribution in [0.1, 0.15) is 39.6 Å². The third-order valence-electron chi connectivity index (χ3n) is 5.67. The first kappa shape index (κ1) is 23.4. The standard InChI is InChI=1S/C24H26N6O4/c1-16-15-34-10-8-29(16)23(32)19-12-20-21(26-14-19)30(7-4-9-33-2)24(27-20)28-22(31)18-6-3-5-17(11-18)13-25/h3,5-6,11-12,14,16H,4,7-10,15H2,1-2H3,(H,27,28,31). The Hall–Kier alpha value is -3.81. The molecule has 10 heteroatoms. The number of nitriles is 1. The lowest BCUT2D eigenvalue weighted by Gasteiger charge is -2.33. The number of methoxy groups -OCH3 is 1. The SMILES string of the molecule is COCCCn1c(NC(=O)c2cccc(C#N)c2)nc2cc(C(=O)N3CCOCC3C)cnc21. The summed E-state index contributed by atoms with van der Waals surface area (Å²) >= 11 is 0. The number of hydrogen-bond acceptors (Lipinski definition) is 7.